The second-order valence-electron chi connectivity index (χ2n) is 10.5. The summed E-state index contributed by atoms with van der Waals surface area (Å²) in [6.07, 6.45) is -10.0. The van der Waals surface area contributed by atoms with E-state index in [4.69, 9.17) is 39.0 Å². The Morgan fingerprint density at radius 2 is 1.65 bits per heavy atom. The van der Waals surface area contributed by atoms with E-state index in [-0.39, 0.29) is 34.1 Å². The Morgan fingerprint density at radius 3 is 2.41 bits per heavy atom. The van der Waals surface area contributed by atoms with Gasteiger partial charge in [0.25, 0.3) is 5.56 Å². The van der Waals surface area contributed by atoms with Gasteiger partial charge in [-0.05, 0) is 6.92 Å². The number of aliphatic hydroxyl groups excluding tert-OH is 1. The van der Waals surface area contributed by atoms with Crippen LogP contribution in [0.5, 0.6) is 0 Å². The molecule has 0 unspecified atom stereocenters. The molecule has 0 aliphatic carbocycles. The van der Waals surface area contributed by atoms with Crippen LogP contribution < -0.4 is 17.0 Å². The smallest absolute Gasteiger partial charge is 0.386 e. The van der Waals surface area contributed by atoms with Gasteiger partial charge in [0.2, 0.25) is 5.95 Å². The van der Waals surface area contributed by atoms with Crippen LogP contribution in [-0.4, -0.2) is 93.5 Å². The topological polar surface area (TPSA) is 269 Å². The molecule has 20 nitrogen and oxygen atoms in total. The van der Waals surface area contributed by atoms with Crippen molar-refractivity contribution in [3.05, 3.63) is 29.3 Å². The zero-order valence-electron chi connectivity index (χ0n) is 23.2. The summed E-state index contributed by atoms with van der Waals surface area (Å²) in [6.45, 7) is -8.10. The lowest BCUT2D eigenvalue weighted by molar-refractivity contribution is -0.0769. The molecule has 6 N–H and O–H groups in total. The molecule has 0 aromatic carbocycles. The third kappa shape index (κ3) is 5.52. The van der Waals surface area contributed by atoms with E-state index in [1.165, 1.54) is 28.7 Å². The highest BCUT2D eigenvalue weighted by atomic mass is 32.7. The van der Waals surface area contributed by atoms with Crippen molar-refractivity contribution in [2.75, 3.05) is 18.1 Å². The first-order chi connectivity index (χ1) is 21.7. The van der Waals surface area contributed by atoms with Crippen molar-refractivity contribution >= 4 is 72.2 Å². The number of hydrogen-bond donors (Lipinski definition) is 6. The van der Waals surface area contributed by atoms with E-state index < -0.39 is 81.0 Å². The number of nitrogens with two attached hydrogens (primary N) is 2. The third-order valence-electron chi connectivity index (χ3n) is 7.58. The number of fused-ring (bicyclic) bond motifs is 4. The molecule has 0 bridgehead atoms. The van der Waals surface area contributed by atoms with E-state index in [0.29, 0.717) is 0 Å². The van der Waals surface area contributed by atoms with Crippen molar-refractivity contribution in [3.63, 3.8) is 0 Å². The highest BCUT2D eigenvalue weighted by Crippen LogP contribution is 2.61. The van der Waals surface area contributed by atoms with Crippen LogP contribution in [0.2, 0.25) is 0 Å². The van der Waals surface area contributed by atoms with E-state index in [1.807, 2.05) is 0 Å². The molecule has 0 amide bonds. The lowest BCUT2D eigenvalue weighted by atomic mass is 10.1. The molecular formula is C21H25FN10O10P2S2. The number of halogens is 1. The van der Waals surface area contributed by atoms with Crippen molar-refractivity contribution in [2.24, 2.45) is 0 Å². The predicted octanol–water partition coefficient (Wildman–Crippen LogP) is 0.899. The molecular weight excluding hydrogens is 697 g/mol. The second-order valence-corrected chi connectivity index (χ2v) is 16.2. The minimum Gasteiger partial charge on any atom is -0.386 e. The first-order valence-electron chi connectivity index (χ1n) is 13.4. The van der Waals surface area contributed by atoms with Gasteiger partial charge in [-0.2, -0.15) is 4.98 Å². The number of nitrogens with zero attached hydrogens (tertiary/aromatic N) is 7. The zero-order chi connectivity index (χ0) is 32.7. The van der Waals surface area contributed by atoms with E-state index in [0.717, 1.165) is 6.33 Å². The van der Waals surface area contributed by atoms with Gasteiger partial charge in [0, 0.05) is 0 Å². The molecule has 25 heteroatoms. The van der Waals surface area contributed by atoms with Crippen molar-refractivity contribution in [2.45, 2.75) is 62.2 Å². The Hall–Kier alpha value is -2.69. The molecule has 0 radical (unpaired) electrons. The van der Waals surface area contributed by atoms with Crippen LogP contribution in [0, 0.1) is 0 Å². The predicted molar refractivity (Wildman–Crippen MR) is 160 cm³/mol. The number of aliphatic hydroxyl groups is 1. The van der Waals surface area contributed by atoms with Crippen LogP contribution in [0.15, 0.2) is 23.8 Å². The highest BCUT2D eigenvalue weighted by molar-refractivity contribution is 8.44. The molecule has 3 fully saturated rings. The zero-order valence-corrected chi connectivity index (χ0v) is 26.8. The largest absolute Gasteiger partial charge is 0.386 e. The summed E-state index contributed by atoms with van der Waals surface area (Å²) in [5, 5.41) is 11.3. The van der Waals surface area contributed by atoms with E-state index in [2.05, 4.69) is 54.4 Å². The molecule has 3 aliphatic heterocycles. The number of aromatic nitrogens is 8. The van der Waals surface area contributed by atoms with Crippen LogP contribution in [0.25, 0.3) is 22.3 Å². The molecule has 4 aromatic heterocycles. The van der Waals surface area contributed by atoms with Gasteiger partial charge in [0.15, 0.2) is 41.3 Å². The normalized spacial score (nSPS) is 38.8. The van der Waals surface area contributed by atoms with Crippen molar-refractivity contribution in [1.82, 2.24) is 39.0 Å². The van der Waals surface area contributed by atoms with Gasteiger partial charge >= 0.3 is 13.6 Å². The van der Waals surface area contributed by atoms with E-state index >= 15 is 4.39 Å². The average Bonchev–Trinajstić information content (AvgIpc) is 3.73. The number of hydrogen-bond acceptors (Lipinski definition) is 17. The minimum absolute atomic E-state index is 0.0435. The summed E-state index contributed by atoms with van der Waals surface area (Å²) in [4.78, 5) is 34.7. The molecule has 248 valence electrons. The van der Waals surface area contributed by atoms with Crippen LogP contribution in [-0.2, 0) is 36.7 Å². The Labute approximate surface area is 266 Å². The summed E-state index contributed by atoms with van der Waals surface area (Å²) in [6, 6.07) is 0. The maximum atomic E-state index is 16.1. The number of rotatable bonds is 2. The Balaban J connectivity index is 1.20. The maximum Gasteiger partial charge on any atom is 0.386 e. The SMILES string of the molecule is C[C@H]1O[P@@](=O)(S)O[C@H]2[C@@H](F)[C@H](n3cnc4c(N)ncnc43)O[C@@H]2CO[P@@](=O)(S)O[C@H]2[C@@H](O)[C@H](n3cnc4c(=O)[nH]c(N)nc43)O[C@@H]21. The fourth-order valence-electron chi connectivity index (χ4n) is 5.57. The maximum absolute atomic E-state index is 16.1. The average molecular weight is 723 g/mol. The van der Waals surface area contributed by atoms with Gasteiger partial charge in [-0.3, -0.25) is 37.0 Å². The molecule has 3 aliphatic rings. The van der Waals surface area contributed by atoms with Gasteiger partial charge in [-0.25, -0.2) is 33.5 Å². The van der Waals surface area contributed by atoms with Gasteiger partial charge in [0.05, 0.1) is 25.4 Å². The molecule has 3 saturated heterocycles. The van der Waals surface area contributed by atoms with Crippen LogP contribution in [0.4, 0.5) is 16.2 Å². The molecule has 7 rings (SSSR count). The molecule has 7 heterocycles. The number of nitrogen functional groups attached to an aromatic ring is 2. The van der Waals surface area contributed by atoms with Crippen molar-refractivity contribution < 1.29 is 46.2 Å². The first kappa shape index (κ1) is 31.9. The summed E-state index contributed by atoms with van der Waals surface area (Å²) in [7, 11) is 0. The Morgan fingerprint density at radius 1 is 0.957 bits per heavy atom. The van der Waals surface area contributed by atoms with Crippen LogP contribution in [0.3, 0.4) is 0 Å². The number of nitrogens with one attached hydrogen (secondary N) is 1. The third-order valence-corrected chi connectivity index (χ3v) is 10.9. The highest BCUT2D eigenvalue weighted by Gasteiger charge is 2.55. The molecule has 46 heavy (non-hydrogen) atoms. The Kier molecular flexibility index (Phi) is 7.96. The van der Waals surface area contributed by atoms with Crippen molar-refractivity contribution in [3.8, 4) is 0 Å². The number of anilines is 2. The number of alkyl halides is 1. The summed E-state index contributed by atoms with van der Waals surface area (Å²) >= 11 is 8.12. The number of thiol groups is 2. The number of aromatic amines is 1. The van der Waals surface area contributed by atoms with Gasteiger partial charge < -0.3 is 26.0 Å². The van der Waals surface area contributed by atoms with E-state index in [9.17, 15) is 19.0 Å². The Bertz CT molecular complexity index is 1980. The van der Waals surface area contributed by atoms with Crippen molar-refractivity contribution in [1.29, 1.82) is 0 Å². The fourth-order valence-corrected chi connectivity index (χ4v) is 8.97. The number of ether oxygens (including phenoxy) is 2. The molecule has 0 saturated carbocycles. The lowest BCUT2D eigenvalue weighted by Crippen LogP contribution is -2.41. The molecule has 0 spiro atoms. The summed E-state index contributed by atoms with van der Waals surface area (Å²) in [5.74, 6) is -0.182. The van der Waals surface area contributed by atoms with Crippen LogP contribution >= 0.6 is 38.1 Å². The quantitative estimate of drug-likeness (QED) is 0.124. The monoisotopic (exact) mass is 722 g/mol. The van der Waals surface area contributed by atoms with E-state index in [1.54, 1.807) is 0 Å². The van der Waals surface area contributed by atoms with Crippen LogP contribution in [0.1, 0.15) is 19.4 Å². The van der Waals surface area contributed by atoms with Gasteiger partial charge in [0.1, 0.15) is 42.4 Å². The summed E-state index contributed by atoms with van der Waals surface area (Å²) < 4.78 is 79.8. The van der Waals surface area contributed by atoms with Gasteiger partial charge in [-0.15, -0.1) is 0 Å². The molecule has 11 atom stereocenters. The second kappa shape index (κ2) is 11.5. The number of imidazole rings is 2. The molecule has 4 aromatic rings. The standard InChI is InChI=1S/C21H25FN10O10P2S2/c1-6-12-14(11(33)20(39-12)32-5-28-10-17(32)29-21(24)30-18(10)34)42-43(35,45)37-2-7-13(41-44(36,46)40-6)8(22)19(38-7)31-4-27-9-15(23)25-3-26-16(9)31/h3-8,11-14,19-20,33H,2H2,1H3,(H,35,45)(H,36,46)(H2,23,25,26)(H3,24,29,30,34)/t6-,7-,8-,11-,12-,13-,14+,19-,20-,43-,44-/m1/s1. The fraction of sp³-hybridized carbons (Fsp3) is 0.524. The first-order valence-corrected chi connectivity index (χ1v) is 18.8. The minimum atomic E-state index is -4.44. The van der Waals surface area contributed by atoms with Gasteiger partial charge in [-0.1, -0.05) is 24.5 Å². The number of H-pyrrole nitrogens is 1. The summed E-state index contributed by atoms with van der Waals surface area (Å²) in [5.41, 5.74) is 11.1. The lowest BCUT2D eigenvalue weighted by Gasteiger charge is -2.31.